The molecule has 1 unspecified atom stereocenters. The van der Waals surface area contributed by atoms with Gasteiger partial charge in [-0.3, -0.25) is 34.3 Å². The predicted molar refractivity (Wildman–Crippen MR) is 210 cm³/mol. The Balaban J connectivity index is 0.879. The van der Waals surface area contributed by atoms with E-state index >= 15 is 4.39 Å². The molecule has 0 spiro atoms. The lowest BCUT2D eigenvalue weighted by atomic mass is 9.92. The zero-order chi connectivity index (χ0) is 39.7. The molecule has 1 N–H and O–H groups in total. The van der Waals surface area contributed by atoms with Gasteiger partial charge in [-0.1, -0.05) is 17.3 Å². The Hall–Kier alpha value is -5.87. The Morgan fingerprint density at radius 2 is 1.65 bits per heavy atom. The number of halogens is 1. The molecule has 0 bridgehead atoms. The summed E-state index contributed by atoms with van der Waals surface area (Å²) < 4.78 is 21.0. The summed E-state index contributed by atoms with van der Waals surface area (Å²) in [6.07, 6.45) is 3.86. The molecule has 1 saturated carbocycles. The van der Waals surface area contributed by atoms with Gasteiger partial charge >= 0.3 is 0 Å². The van der Waals surface area contributed by atoms with Gasteiger partial charge < -0.3 is 19.2 Å². The van der Waals surface area contributed by atoms with Gasteiger partial charge in [0.05, 0.1) is 22.5 Å². The number of anilines is 3. The van der Waals surface area contributed by atoms with E-state index in [4.69, 9.17) is 11.1 Å². The number of fused-ring (bicyclic) bond motifs is 1. The van der Waals surface area contributed by atoms with E-state index in [9.17, 15) is 19.2 Å². The Labute approximate surface area is 330 Å². The number of aromatic nitrogens is 1. The zero-order valence-corrected chi connectivity index (χ0v) is 32.3. The summed E-state index contributed by atoms with van der Waals surface area (Å²) in [5, 5.41) is 6.39. The van der Waals surface area contributed by atoms with E-state index in [0.717, 1.165) is 101 Å². The van der Waals surface area contributed by atoms with Crippen molar-refractivity contribution in [1.29, 1.82) is 0 Å². The van der Waals surface area contributed by atoms with Crippen molar-refractivity contribution in [3.63, 3.8) is 0 Å². The summed E-state index contributed by atoms with van der Waals surface area (Å²) in [5.74, 6) is -1.88. The normalized spacial score (nSPS) is 21.0. The third-order valence-electron chi connectivity index (χ3n) is 12.8. The van der Waals surface area contributed by atoms with Crippen LogP contribution >= 0.6 is 0 Å². The highest BCUT2D eigenvalue weighted by molar-refractivity contribution is 6.23. The first-order chi connectivity index (χ1) is 27.4. The third kappa shape index (κ3) is 6.36. The number of piperidine rings is 2. The standard InChI is InChI=1S/C44H44FN7O5/c1-25-5-6-29(40-26(2)48-57-27(40)3)19-37(25)51(31-9-7-30(8-10-31)44(46-4)15-16-44)22-28-13-17-49(18-14-28)32-23-50(24-32)38-21-34-33(20-35(38)45)42(55)52(43(34)56)36-11-12-39(53)47-41(36)54/h5-10,19-21,28,32,36H,11-18,22-24H2,1-3H3,(H,47,53,54). The van der Waals surface area contributed by atoms with Gasteiger partial charge in [0, 0.05) is 67.4 Å². The number of likely N-dealkylation sites (tertiary alicyclic amines) is 1. The summed E-state index contributed by atoms with van der Waals surface area (Å²) in [5.41, 5.74) is 7.31. The summed E-state index contributed by atoms with van der Waals surface area (Å²) >= 11 is 0. The third-order valence-corrected chi connectivity index (χ3v) is 12.8. The molecule has 5 aliphatic rings. The van der Waals surface area contributed by atoms with E-state index in [1.54, 1.807) is 0 Å². The number of hydrogen-bond acceptors (Lipinski definition) is 9. The van der Waals surface area contributed by atoms with Crippen molar-refractivity contribution in [2.45, 2.75) is 76.9 Å². The minimum atomic E-state index is -1.10. The lowest BCUT2D eigenvalue weighted by molar-refractivity contribution is -0.136. The van der Waals surface area contributed by atoms with Crippen LogP contribution in [0.15, 0.2) is 59.1 Å². The molecule has 1 aliphatic carbocycles. The average Bonchev–Trinajstić information content (AvgIpc) is 3.87. The van der Waals surface area contributed by atoms with Gasteiger partial charge in [-0.05, 0) is 113 Å². The SMILES string of the molecule is [C-]#[N+]C1(c2ccc(N(CC3CCN(C4CN(c5cc6c(cc5F)C(=O)N(C5CCC(=O)NC5=O)C6=O)C4)CC3)c3cc(-c4c(C)noc4C)ccc3C)cc2)CC1. The van der Waals surface area contributed by atoms with Crippen LogP contribution in [-0.4, -0.2) is 83.4 Å². The van der Waals surface area contributed by atoms with Gasteiger partial charge in [0.25, 0.3) is 17.4 Å². The summed E-state index contributed by atoms with van der Waals surface area (Å²) in [6, 6.07) is 16.8. The predicted octanol–water partition coefficient (Wildman–Crippen LogP) is 6.45. The van der Waals surface area contributed by atoms with Gasteiger partial charge in [-0.25, -0.2) is 11.0 Å². The van der Waals surface area contributed by atoms with Crippen molar-refractivity contribution in [2.75, 3.05) is 42.5 Å². The minimum absolute atomic E-state index is 0.0192. The molecule has 12 nitrogen and oxygen atoms in total. The first kappa shape index (κ1) is 36.7. The molecule has 5 heterocycles. The first-order valence-corrected chi connectivity index (χ1v) is 19.8. The zero-order valence-electron chi connectivity index (χ0n) is 32.3. The van der Waals surface area contributed by atoms with E-state index in [0.29, 0.717) is 19.0 Å². The minimum Gasteiger partial charge on any atom is -0.366 e. The lowest BCUT2D eigenvalue weighted by Crippen LogP contribution is -2.61. The van der Waals surface area contributed by atoms with E-state index in [1.165, 1.54) is 6.07 Å². The molecule has 3 saturated heterocycles. The van der Waals surface area contributed by atoms with Crippen LogP contribution in [0.5, 0.6) is 0 Å². The molecule has 57 heavy (non-hydrogen) atoms. The Morgan fingerprint density at radius 3 is 2.28 bits per heavy atom. The highest BCUT2D eigenvalue weighted by Gasteiger charge is 2.52. The lowest BCUT2D eigenvalue weighted by Gasteiger charge is -2.49. The number of rotatable bonds is 9. The van der Waals surface area contributed by atoms with Gasteiger partial charge in [-0.2, -0.15) is 0 Å². The first-order valence-electron chi connectivity index (χ1n) is 19.8. The van der Waals surface area contributed by atoms with Crippen LogP contribution in [-0.2, 0) is 15.1 Å². The van der Waals surface area contributed by atoms with Crippen LogP contribution in [0.1, 0.15) is 81.8 Å². The number of hydrogen-bond donors (Lipinski definition) is 1. The molecule has 13 heteroatoms. The number of amides is 4. The molecule has 0 radical (unpaired) electrons. The van der Waals surface area contributed by atoms with Crippen molar-refractivity contribution < 1.29 is 28.1 Å². The van der Waals surface area contributed by atoms with Crippen molar-refractivity contribution in [3.8, 4) is 11.1 Å². The molecule has 3 aromatic carbocycles. The maximum Gasteiger partial charge on any atom is 0.262 e. The Kier molecular flexibility index (Phi) is 8.99. The molecule has 4 aliphatic heterocycles. The quantitative estimate of drug-likeness (QED) is 0.151. The fourth-order valence-electron chi connectivity index (χ4n) is 9.19. The summed E-state index contributed by atoms with van der Waals surface area (Å²) in [7, 11) is 0. The summed E-state index contributed by atoms with van der Waals surface area (Å²) in [4.78, 5) is 62.3. The van der Waals surface area contributed by atoms with Crippen LogP contribution in [0.2, 0.25) is 0 Å². The van der Waals surface area contributed by atoms with Crippen molar-refractivity contribution in [2.24, 2.45) is 5.92 Å². The second-order valence-corrected chi connectivity index (χ2v) is 16.3. The molecule has 1 aromatic heterocycles. The molecule has 1 atom stereocenters. The number of imide groups is 2. The fourth-order valence-corrected chi connectivity index (χ4v) is 9.19. The van der Waals surface area contributed by atoms with Gasteiger partial charge in [-0.15, -0.1) is 0 Å². The average molecular weight is 770 g/mol. The van der Waals surface area contributed by atoms with E-state index in [2.05, 4.69) is 74.5 Å². The number of carbonyl (C=O) groups is 4. The van der Waals surface area contributed by atoms with Crippen molar-refractivity contribution in [1.82, 2.24) is 20.3 Å². The van der Waals surface area contributed by atoms with Crippen LogP contribution in [0.3, 0.4) is 0 Å². The molecular formula is C44H44FN7O5. The van der Waals surface area contributed by atoms with E-state index in [-0.39, 0.29) is 41.2 Å². The second-order valence-electron chi connectivity index (χ2n) is 16.3. The number of carbonyl (C=O) groups excluding carboxylic acids is 4. The molecule has 4 aromatic rings. The second kappa shape index (κ2) is 14.0. The monoisotopic (exact) mass is 769 g/mol. The molecular weight excluding hydrogens is 726 g/mol. The number of benzene rings is 3. The summed E-state index contributed by atoms with van der Waals surface area (Å²) in [6.45, 7) is 17.6. The molecule has 9 rings (SSSR count). The number of nitrogens with one attached hydrogen (secondary N) is 1. The largest absolute Gasteiger partial charge is 0.366 e. The fraction of sp³-hybridized carbons (Fsp3) is 0.409. The van der Waals surface area contributed by atoms with E-state index in [1.807, 2.05) is 18.7 Å². The van der Waals surface area contributed by atoms with Gasteiger partial charge in [0.2, 0.25) is 11.8 Å². The highest BCUT2D eigenvalue weighted by Crippen LogP contribution is 2.50. The smallest absolute Gasteiger partial charge is 0.262 e. The van der Waals surface area contributed by atoms with Crippen LogP contribution < -0.4 is 15.1 Å². The van der Waals surface area contributed by atoms with Crippen LogP contribution in [0.25, 0.3) is 16.0 Å². The number of nitrogens with zero attached hydrogens (tertiary/aromatic N) is 6. The topological polar surface area (TPSA) is 124 Å². The molecule has 4 amide bonds. The Morgan fingerprint density at radius 1 is 0.947 bits per heavy atom. The maximum absolute atomic E-state index is 15.5. The Bertz CT molecular complexity index is 2350. The maximum atomic E-state index is 15.5. The van der Waals surface area contributed by atoms with Crippen molar-refractivity contribution >= 4 is 40.7 Å². The van der Waals surface area contributed by atoms with Crippen LogP contribution in [0, 0.1) is 39.1 Å². The van der Waals surface area contributed by atoms with E-state index < -0.39 is 35.5 Å². The highest BCUT2D eigenvalue weighted by atomic mass is 19.1. The molecule has 292 valence electrons. The van der Waals surface area contributed by atoms with Crippen molar-refractivity contribution in [3.05, 3.63) is 106 Å². The van der Waals surface area contributed by atoms with Gasteiger partial charge in [0.15, 0.2) is 0 Å². The van der Waals surface area contributed by atoms with Crippen LogP contribution in [0.4, 0.5) is 21.5 Å². The number of aryl methyl sites for hydroxylation is 3. The van der Waals surface area contributed by atoms with Gasteiger partial charge in [0.1, 0.15) is 17.6 Å². The molecule has 4 fully saturated rings.